The molecule has 0 unspecified atom stereocenters. The molecule has 0 bridgehead atoms. The number of rotatable bonds is 13. The van der Waals surface area contributed by atoms with Crippen LogP contribution in [0, 0.1) is 5.92 Å². The number of amides is 4. The van der Waals surface area contributed by atoms with Gasteiger partial charge in [0.05, 0.1) is 12.6 Å². The summed E-state index contributed by atoms with van der Waals surface area (Å²) in [5, 5.41) is 18.0. The van der Waals surface area contributed by atoms with Gasteiger partial charge in [0.2, 0.25) is 23.6 Å². The van der Waals surface area contributed by atoms with Gasteiger partial charge < -0.3 is 36.6 Å². The third-order valence-electron chi connectivity index (χ3n) is 7.69. The number of likely N-dealkylation sites (N-methyl/N-ethyl adjacent to an activating group) is 1. The van der Waals surface area contributed by atoms with Crippen LogP contribution in [-0.4, -0.2) is 95.9 Å². The highest BCUT2D eigenvalue weighted by molar-refractivity contribution is 5.93. The summed E-state index contributed by atoms with van der Waals surface area (Å²) in [6, 6.07) is 13.4. The van der Waals surface area contributed by atoms with Crippen molar-refractivity contribution in [2.75, 3.05) is 33.2 Å². The SMILES string of the molecule is CC(C)C[C@@H]1CNCCN1C(=O)[C@H](Cc1ccccc1)N(C)C(=O)CNC(=O)[C@@H](C)NC(=O)[C@@H](N)Cc1ccc(O)cc1. The van der Waals surface area contributed by atoms with Crippen LogP contribution in [0.1, 0.15) is 38.3 Å². The number of carbonyl (C=O) groups is 4. The molecule has 1 aliphatic heterocycles. The molecule has 0 spiro atoms. The molecule has 0 aliphatic carbocycles. The fourth-order valence-corrected chi connectivity index (χ4v) is 5.20. The molecular weight excluding hydrogens is 548 g/mol. The van der Waals surface area contributed by atoms with Gasteiger partial charge in [-0.1, -0.05) is 56.3 Å². The van der Waals surface area contributed by atoms with Gasteiger partial charge in [0.25, 0.3) is 0 Å². The first-order valence-corrected chi connectivity index (χ1v) is 14.9. The summed E-state index contributed by atoms with van der Waals surface area (Å²) in [7, 11) is 1.59. The number of phenols is 1. The third-order valence-corrected chi connectivity index (χ3v) is 7.69. The van der Waals surface area contributed by atoms with E-state index in [0.717, 1.165) is 17.5 Å². The van der Waals surface area contributed by atoms with Gasteiger partial charge in [-0.3, -0.25) is 19.2 Å². The average molecular weight is 595 g/mol. The molecular formula is C32H46N6O5. The zero-order valence-electron chi connectivity index (χ0n) is 25.6. The molecule has 1 fully saturated rings. The Balaban J connectivity index is 1.61. The van der Waals surface area contributed by atoms with Crippen LogP contribution in [0.3, 0.4) is 0 Å². The molecule has 1 aliphatic rings. The minimum atomic E-state index is -0.934. The van der Waals surface area contributed by atoms with Gasteiger partial charge in [-0.15, -0.1) is 0 Å². The molecule has 2 aromatic carbocycles. The lowest BCUT2D eigenvalue weighted by molar-refractivity contribution is -0.146. The molecule has 234 valence electrons. The van der Waals surface area contributed by atoms with E-state index in [4.69, 9.17) is 5.73 Å². The molecule has 4 atom stereocenters. The normalized spacial score (nSPS) is 17.1. The lowest BCUT2D eigenvalue weighted by Gasteiger charge is -2.41. The van der Waals surface area contributed by atoms with Crippen LogP contribution in [0.5, 0.6) is 5.75 Å². The van der Waals surface area contributed by atoms with E-state index >= 15 is 0 Å². The van der Waals surface area contributed by atoms with Crippen LogP contribution >= 0.6 is 0 Å². The van der Waals surface area contributed by atoms with Gasteiger partial charge in [0.15, 0.2) is 0 Å². The molecule has 11 heteroatoms. The van der Waals surface area contributed by atoms with Crippen LogP contribution in [-0.2, 0) is 32.0 Å². The van der Waals surface area contributed by atoms with Crippen molar-refractivity contribution in [1.29, 1.82) is 0 Å². The number of carbonyl (C=O) groups excluding carboxylic acids is 4. The zero-order chi connectivity index (χ0) is 31.5. The van der Waals surface area contributed by atoms with Gasteiger partial charge in [-0.2, -0.15) is 0 Å². The molecule has 0 aromatic heterocycles. The van der Waals surface area contributed by atoms with Crippen molar-refractivity contribution < 1.29 is 24.3 Å². The zero-order valence-corrected chi connectivity index (χ0v) is 25.6. The minimum absolute atomic E-state index is 0.0348. The summed E-state index contributed by atoms with van der Waals surface area (Å²) < 4.78 is 0. The number of hydrogen-bond donors (Lipinski definition) is 5. The number of hydrogen-bond acceptors (Lipinski definition) is 7. The van der Waals surface area contributed by atoms with Crippen molar-refractivity contribution in [3.63, 3.8) is 0 Å². The number of aromatic hydroxyl groups is 1. The Hall–Kier alpha value is -3.96. The van der Waals surface area contributed by atoms with Crippen molar-refractivity contribution in [3.05, 3.63) is 65.7 Å². The average Bonchev–Trinajstić information content (AvgIpc) is 2.99. The molecule has 3 rings (SSSR count). The maximum atomic E-state index is 14.0. The maximum absolute atomic E-state index is 14.0. The summed E-state index contributed by atoms with van der Waals surface area (Å²) in [5.74, 6) is -1.06. The first kappa shape index (κ1) is 33.5. The maximum Gasteiger partial charge on any atom is 0.246 e. The van der Waals surface area contributed by atoms with E-state index in [9.17, 15) is 24.3 Å². The van der Waals surface area contributed by atoms with Crippen LogP contribution in [0.15, 0.2) is 54.6 Å². The van der Waals surface area contributed by atoms with Gasteiger partial charge >= 0.3 is 0 Å². The lowest BCUT2D eigenvalue weighted by atomic mass is 9.98. The van der Waals surface area contributed by atoms with E-state index in [1.165, 1.54) is 24.0 Å². The number of benzene rings is 2. The van der Waals surface area contributed by atoms with Crippen molar-refractivity contribution >= 4 is 23.6 Å². The van der Waals surface area contributed by atoms with E-state index < -0.39 is 35.8 Å². The third kappa shape index (κ3) is 10.1. The second-order valence-electron chi connectivity index (χ2n) is 11.7. The summed E-state index contributed by atoms with van der Waals surface area (Å²) in [6.07, 6.45) is 1.43. The van der Waals surface area contributed by atoms with Gasteiger partial charge in [-0.25, -0.2) is 0 Å². The van der Waals surface area contributed by atoms with E-state index in [-0.39, 0.29) is 30.7 Å². The molecule has 2 aromatic rings. The number of nitrogens with two attached hydrogens (primary N) is 1. The first-order valence-electron chi connectivity index (χ1n) is 14.9. The van der Waals surface area contributed by atoms with Crippen molar-refractivity contribution in [1.82, 2.24) is 25.8 Å². The standard InChI is InChI=1S/C32H46N6O5/c1-21(2)16-25-19-34-14-15-38(25)32(43)28(18-23-8-6-5-7-9-23)37(4)29(40)20-35-30(41)22(3)36-31(42)27(33)17-24-10-12-26(39)13-11-24/h5-13,21-22,25,27-28,34,39H,14-20,33H2,1-4H3,(H,35,41)(H,36,42)/t22-,25-,27+,28+/m1/s1. The Morgan fingerprint density at radius 3 is 2.30 bits per heavy atom. The van der Waals surface area contributed by atoms with E-state index in [0.29, 0.717) is 32.0 Å². The van der Waals surface area contributed by atoms with E-state index in [1.807, 2.05) is 35.2 Å². The monoisotopic (exact) mass is 594 g/mol. The van der Waals surface area contributed by atoms with Crippen LogP contribution < -0.4 is 21.7 Å². The molecule has 0 radical (unpaired) electrons. The summed E-state index contributed by atoms with van der Waals surface area (Å²) >= 11 is 0. The minimum Gasteiger partial charge on any atom is -0.508 e. The topological polar surface area (TPSA) is 157 Å². The number of nitrogens with zero attached hydrogens (tertiary/aromatic N) is 2. The summed E-state index contributed by atoms with van der Waals surface area (Å²) in [6.45, 7) is 7.40. The molecule has 0 saturated carbocycles. The fraction of sp³-hybridized carbons (Fsp3) is 0.500. The smallest absolute Gasteiger partial charge is 0.246 e. The van der Waals surface area contributed by atoms with Gasteiger partial charge in [0, 0.05) is 39.1 Å². The van der Waals surface area contributed by atoms with Crippen LogP contribution in [0.25, 0.3) is 0 Å². The molecule has 1 saturated heterocycles. The molecule has 43 heavy (non-hydrogen) atoms. The predicted octanol–water partition coefficient (Wildman–Crippen LogP) is 0.799. The molecule has 1 heterocycles. The Morgan fingerprint density at radius 1 is 1.00 bits per heavy atom. The quantitative estimate of drug-likeness (QED) is 0.230. The van der Waals surface area contributed by atoms with Crippen molar-refractivity contribution in [3.8, 4) is 5.75 Å². The highest BCUT2D eigenvalue weighted by atomic mass is 16.3. The van der Waals surface area contributed by atoms with Crippen molar-refractivity contribution in [2.24, 2.45) is 11.7 Å². The van der Waals surface area contributed by atoms with E-state index in [2.05, 4.69) is 29.8 Å². The molecule has 11 nitrogen and oxygen atoms in total. The Labute approximate surface area is 254 Å². The lowest BCUT2D eigenvalue weighted by Crippen LogP contribution is -2.60. The van der Waals surface area contributed by atoms with Crippen LogP contribution in [0.4, 0.5) is 0 Å². The summed E-state index contributed by atoms with van der Waals surface area (Å²) in [5.41, 5.74) is 7.71. The second kappa shape index (κ2) is 16.0. The largest absolute Gasteiger partial charge is 0.508 e. The van der Waals surface area contributed by atoms with Crippen LogP contribution in [0.2, 0.25) is 0 Å². The number of nitrogens with one attached hydrogen (secondary N) is 3. The van der Waals surface area contributed by atoms with Crippen molar-refractivity contribution in [2.45, 2.75) is 64.2 Å². The Kier molecular flexibility index (Phi) is 12.5. The molecule has 6 N–H and O–H groups in total. The highest BCUT2D eigenvalue weighted by Gasteiger charge is 2.35. The Bertz CT molecular complexity index is 1220. The Morgan fingerprint density at radius 2 is 1.65 bits per heavy atom. The first-order chi connectivity index (χ1) is 20.5. The summed E-state index contributed by atoms with van der Waals surface area (Å²) in [4.78, 5) is 55.9. The van der Waals surface area contributed by atoms with Gasteiger partial charge in [0.1, 0.15) is 17.8 Å². The van der Waals surface area contributed by atoms with E-state index in [1.54, 1.807) is 19.2 Å². The number of phenolic OH excluding ortho intramolecular Hbond substituents is 1. The molecule has 4 amide bonds. The van der Waals surface area contributed by atoms with Gasteiger partial charge in [-0.05, 0) is 48.9 Å². The highest BCUT2D eigenvalue weighted by Crippen LogP contribution is 2.19. The second-order valence-corrected chi connectivity index (χ2v) is 11.7. The number of piperazine rings is 1. The fourth-order valence-electron chi connectivity index (χ4n) is 5.20. The predicted molar refractivity (Wildman–Crippen MR) is 165 cm³/mol.